The van der Waals surface area contributed by atoms with Crippen LogP contribution in [0.15, 0.2) is 18.5 Å². The molecule has 0 bridgehead atoms. The normalized spacial score (nSPS) is 22.5. The molecule has 3 rings (SSSR count). The van der Waals surface area contributed by atoms with Crippen molar-refractivity contribution in [2.45, 2.75) is 24.6 Å². The summed E-state index contributed by atoms with van der Waals surface area (Å²) in [5.41, 5.74) is -0.721. The van der Waals surface area contributed by atoms with Crippen LogP contribution >= 0.6 is 0 Å². The number of alkyl halides is 3. The van der Waals surface area contributed by atoms with Crippen LogP contribution in [0.2, 0.25) is 0 Å². The first-order valence-corrected chi connectivity index (χ1v) is 8.20. The fourth-order valence-corrected chi connectivity index (χ4v) is 3.56. The van der Waals surface area contributed by atoms with Gasteiger partial charge in [-0.25, -0.2) is 0 Å². The Morgan fingerprint density at radius 2 is 1.83 bits per heavy atom. The summed E-state index contributed by atoms with van der Waals surface area (Å²) in [7, 11) is 0. The van der Waals surface area contributed by atoms with E-state index in [-0.39, 0.29) is 19.0 Å². The number of hydrogen-bond donors (Lipinski definition) is 1. The zero-order chi connectivity index (χ0) is 17.2. The Morgan fingerprint density at radius 3 is 2.38 bits per heavy atom. The van der Waals surface area contributed by atoms with Crippen LogP contribution in [0.25, 0.3) is 0 Å². The maximum Gasteiger partial charge on any atom is 0.401 e. The fourth-order valence-electron chi connectivity index (χ4n) is 3.56. The molecule has 0 spiro atoms. The van der Waals surface area contributed by atoms with Crippen LogP contribution in [-0.2, 0) is 10.3 Å². The first-order chi connectivity index (χ1) is 11.4. The number of rotatable bonds is 3. The number of nitrogens with one attached hydrogen (secondary N) is 1. The lowest BCUT2D eigenvalue weighted by molar-refractivity contribution is -0.155. The maximum absolute atomic E-state index is 13.2. The summed E-state index contributed by atoms with van der Waals surface area (Å²) in [5.74, 6) is -0.0284. The first-order valence-electron chi connectivity index (χ1n) is 8.20. The third-order valence-electron chi connectivity index (χ3n) is 4.83. The molecule has 1 aromatic rings. The van der Waals surface area contributed by atoms with Gasteiger partial charge in [0.05, 0.1) is 6.54 Å². The molecule has 0 aliphatic carbocycles. The van der Waals surface area contributed by atoms with Gasteiger partial charge < -0.3 is 10.2 Å². The van der Waals surface area contributed by atoms with E-state index in [1.54, 1.807) is 28.0 Å². The van der Waals surface area contributed by atoms with Gasteiger partial charge in [0.15, 0.2) is 0 Å². The molecule has 2 aliphatic rings. The summed E-state index contributed by atoms with van der Waals surface area (Å²) in [6, 6.07) is 1.79. The lowest BCUT2D eigenvalue weighted by Crippen LogP contribution is -2.59. The zero-order valence-electron chi connectivity index (χ0n) is 13.4. The predicted molar refractivity (Wildman–Crippen MR) is 81.4 cm³/mol. The van der Waals surface area contributed by atoms with E-state index in [2.05, 4.69) is 10.4 Å². The largest absolute Gasteiger partial charge is 0.401 e. The summed E-state index contributed by atoms with van der Waals surface area (Å²) in [4.78, 5) is 16.2. The minimum Gasteiger partial charge on any atom is -0.338 e. The Labute approximate surface area is 138 Å². The van der Waals surface area contributed by atoms with Crippen LogP contribution < -0.4 is 5.32 Å². The number of nitrogens with zero attached hydrogens (tertiary/aromatic N) is 4. The van der Waals surface area contributed by atoms with Crippen molar-refractivity contribution in [3.8, 4) is 0 Å². The molecule has 9 heteroatoms. The molecule has 134 valence electrons. The molecule has 0 radical (unpaired) electrons. The molecule has 0 saturated carbocycles. The van der Waals surface area contributed by atoms with Gasteiger partial charge in [0.2, 0.25) is 0 Å². The van der Waals surface area contributed by atoms with Gasteiger partial charge >= 0.3 is 6.18 Å². The second-order valence-electron chi connectivity index (χ2n) is 6.42. The number of aromatic nitrogens is 2. The van der Waals surface area contributed by atoms with Crippen LogP contribution in [0, 0.1) is 0 Å². The summed E-state index contributed by atoms with van der Waals surface area (Å²) in [6.07, 6.45) is 0.519. The lowest BCUT2D eigenvalue weighted by Gasteiger charge is -2.43. The van der Waals surface area contributed by atoms with E-state index in [1.165, 1.54) is 4.90 Å². The number of carbonyl (C=O) groups is 1. The van der Waals surface area contributed by atoms with Crippen LogP contribution in [0.5, 0.6) is 0 Å². The maximum atomic E-state index is 13.2. The SMILES string of the molecule is O=C(N1CCN(CC(F)(F)F)CC1)C1(n2cccn2)CCNCC1. The van der Waals surface area contributed by atoms with Gasteiger partial charge in [-0.1, -0.05) is 0 Å². The molecule has 2 fully saturated rings. The van der Waals surface area contributed by atoms with Crippen LogP contribution in [0.3, 0.4) is 0 Å². The van der Waals surface area contributed by atoms with Crippen molar-refractivity contribution in [2.75, 3.05) is 45.8 Å². The highest BCUT2D eigenvalue weighted by atomic mass is 19.4. The third kappa shape index (κ3) is 3.56. The second kappa shape index (κ2) is 6.72. The highest BCUT2D eigenvalue weighted by Gasteiger charge is 2.45. The molecule has 1 aromatic heterocycles. The first kappa shape index (κ1) is 17.2. The number of carbonyl (C=O) groups excluding carboxylic acids is 1. The predicted octanol–water partition coefficient (Wildman–Crippen LogP) is 0.668. The monoisotopic (exact) mass is 345 g/mol. The summed E-state index contributed by atoms with van der Waals surface area (Å²) in [6.45, 7) is 1.68. The van der Waals surface area contributed by atoms with E-state index in [0.717, 1.165) is 13.1 Å². The van der Waals surface area contributed by atoms with Crippen molar-refractivity contribution in [3.05, 3.63) is 18.5 Å². The summed E-state index contributed by atoms with van der Waals surface area (Å²) in [5, 5.41) is 7.52. The Kier molecular flexibility index (Phi) is 4.82. The number of hydrogen-bond acceptors (Lipinski definition) is 4. The van der Waals surface area contributed by atoms with Crippen LogP contribution in [0.1, 0.15) is 12.8 Å². The molecule has 2 aliphatic heterocycles. The smallest absolute Gasteiger partial charge is 0.338 e. The zero-order valence-corrected chi connectivity index (χ0v) is 13.4. The lowest BCUT2D eigenvalue weighted by atomic mass is 9.86. The van der Waals surface area contributed by atoms with Crippen molar-refractivity contribution in [1.29, 1.82) is 0 Å². The molecule has 3 heterocycles. The molecule has 0 atom stereocenters. The van der Waals surface area contributed by atoms with Gasteiger partial charge in [-0.2, -0.15) is 18.3 Å². The van der Waals surface area contributed by atoms with E-state index < -0.39 is 18.3 Å². The van der Waals surface area contributed by atoms with E-state index in [9.17, 15) is 18.0 Å². The quantitative estimate of drug-likeness (QED) is 0.875. The molecule has 1 N–H and O–H groups in total. The van der Waals surface area contributed by atoms with E-state index >= 15 is 0 Å². The van der Waals surface area contributed by atoms with Crippen molar-refractivity contribution in [2.24, 2.45) is 0 Å². The Hall–Kier alpha value is -1.61. The number of amides is 1. The van der Waals surface area contributed by atoms with E-state index in [4.69, 9.17) is 0 Å². The van der Waals surface area contributed by atoms with Gasteiger partial charge in [0, 0.05) is 38.6 Å². The highest BCUT2D eigenvalue weighted by molar-refractivity contribution is 5.84. The topological polar surface area (TPSA) is 53.4 Å². The Morgan fingerprint density at radius 1 is 1.17 bits per heavy atom. The van der Waals surface area contributed by atoms with Crippen molar-refractivity contribution >= 4 is 5.91 Å². The number of piperidine rings is 1. The third-order valence-corrected chi connectivity index (χ3v) is 4.83. The minimum atomic E-state index is -4.20. The van der Waals surface area contributed by atoms with Crippen molar-refractivity contribution < 1.29 is 18.0 Å². The van der Waals surface area contributed by atoms with Gasteiger partial charge in [-0.15, -0.1) is 0 Å². The van der Waals surface area contributed by atoms with Crippen molar-refractivity contribution in [3.63, 3.8) is 0 Å². The molecular weight excluding hydrogens is 323 g/mol. The van der Waals surface area contributed by atoms with Crippen LogP contribution in [-0.4, -0.2) is 77.5 Å². The molecule has 2 saturated heterocycles. The Bertz CT molecular complexity index is 546. The average Bonchev–Trinajstić information content (AvgIpc) is 3.09. The van der Waals surface area contributed by atoms with Gasteiger partial charge in [-0.3, -0.25) is 14.4 Å². The van der Waals surface area contributed by atoms with Gasteiger partial charge in [0.1, 0.15) is 5.54 Å². The molecule has 0 unspecified atom stereocenters. The second-order valence-corrected chi connectivity index (χ2v) is 6.42. The molecule has 0 aromatic carbocycles. The van der Waals surface area contributed by atoms with E-state index in [1.807, 2.05) is 0 Å². The minimum absolute atomic E-state index is 0.0284. The Balaban J connectivity index is 1.69. The van der Waals surface area contributed by atoms with Gasteiger partial charge in [0.25, 0.3) is 5.91 Å². The molecule has 24 heavy (non-hydrogen) atoms. The standard InChI is InChI=1S/C15H22F3N5O/c16-15(17,18)12-21-8-10-22(11-9-21)13(24)14(2-5-19-6-3-14)23-7-1-4-20-23/h1,4,7,19H,2-3,5-6,8-12H2. The molecule has 6 nitrogen and oxygen atoms in total. The van der Waals surface area contributed by atoms with Gasteiger partial charge in [-0.05, 0) is 32.0 Å². The number of halogens is 3. The van der Waals surface area contributed by atoms with Crippen LogP contribution in [0.4, 0.5) is 13.2 Å². The summed E-state index contributed by atoms with van der Waals surface area (Å²) < 4.78 is 39.2. The number of piperazine rings is 1. The fraction of sp³-hybridized carbons (Fsp3) is 0.733. The van der Waals surface area contributed by atoms with Crippen molar-refractivity contribution in [1.82, 2.24) is 24.9 Å². The molecular formula is C15H22F3N5O. The van der Waals surface area contributed by atoms with E-state index in [0.29, 0.717) is 25.9 Å². The summed E-state index contributed by atoms with van der Waals surface area (Å²) >= 11 is 0. The highest BCUT2D eigenvalue weighted by Crippen LogP contribution is 2.30. The average molecular weight is 345 g/mol. The molecule has 1 amide bonds.